The van der Waals surface area contributed by atoms with Gasteiger partial charge in [0.25, 0.3) is 0 Å². The van der Waals surface area contributed by atoms with Crippen molar-refractivity contribution < 1.29 is 4.79 Å². The Bertz CT molecular complexity index is 248. The molecule has 1 N–H and O–H groups in total. The van der Waals surface area contributed by atoms with Crippen LogP contribution in [0.4, 0.5) is 0 Å². The van der Waals surface area contributed by atoms with E-state index in [1.165, 1.54) is 0 Å². The van der Waals surface area contributed by atoms with E-state index in [2.05, 4.69) is 53.8 Å². The molecule has 0 fully saturated rings. The van der Waals surface area contributed by atoms with E-state index in [9.17, 15) is 4.79 Å². The molecule has 0 aromatic carbocycles. The molecule has 0 aliphatic rings. The molecule has 17 heavy (non-hydrogen) atoms. The molecule has 1 amide bonds. The summed E-state index contributed by atoms with van der Waals surface area (Å²) in [5.41, 5.74) is 0.110. The highest BCUT2D eigenvalue weighted by atomic mass is 16.2. The first-order valence-electron chi connectivity index (χ1n) is 6.75. The molecule has 0 saturated heterocycles. The first-order chi connectivity index (χ1) is 7.43. The molecule has 0 aliphatic carbocycles. The number of carbonyl (C=O) groups is 1. The lowest BCUT2D eigenvalue weighted by Gasteiger charge is -2.34. The summed E-state index contributed by atoms with van der Waals surface area (Å²) in [7, 11) is 0. The zero-order valence-corrected chi connectivity index (χ0v) is 13.0. The second-order valence-electron chi connectivity index (χ2n) is 7.64. The van der Waals surface area contributed by atoms with Crippen LogP contribution in [0, 0.1) is 17.3 Å². The van der Waals surface area contributed by atoms with Crippen molar-refractivity contribution in [3.05, 3.63) is 0 Å². The van der Waals surface area contributed by atoms with Gasteiger partial charge in [-0.25, -0.2) is 0 Å². The van der Waals surface area contributed by atoms with Crippen molar-refractivity contribution in [1.29, 1.82) is 0 Å². The van der Waals surface area contributed by atoms with Crippen molar-refractivity contribution in [3.63, 3.8) is 0 Å². The highest BCUT2D eigenvalue weighted by Crippen LogP contribution is 2.27. The van der Waals surface area contributed by atoms with E-state index >= 15 is 0 Å². The number of carbonyl (C=O) groups excluding carboxylic acids is 1. The molecule has 0 heterocycles. The van der Waals surface area contributed by atoms with Crippen LogP contribution in [-0.2, 0) is 4.79 Å². The maximum atomic E-state index is 12.1. The second-order valence-corrected chi connectivity index (χ2v) is 7.64. The third kappa shape index (κ3) is 8.23. The van der Waals surface area contributed by atoms with E-state index in [4.69, 9.17) is 0 Å². The van der Waals surface area contributed by atoms with Crippen LogP contribution in [0.25, 0.3) is 0 Å². The van der Waals surface area contributed by atoms with E-state index in [0.29, 0.717) is 5.92 Å². The molecule has 0 spiro atoms. The largest absolute Gasteiger partial charge is 0.351 e. The summed E-state index contributed by atoms with van der Waals surface area (Å²) in [5.74, 6) is 0.865. The predicted molar refractivity (Wildman–Crippen MR) is 74.9 cm³/mol. The van der Waals surface area contributed by atoms with Gasteiger partial charge in [-0.05, 0) is 38.0 Å². The Morgan fingerprint density at radius 1 is 1.06 bits per heavy atom. The van der Waals surface area contributed by atoms with E-state index in [-0.39, 0.29) is 22.8 Å². The van der Waals surface area contributed by atoms with Crippen LogP contribution in [0.1, 0.15) is 68.2 Å². The number of rotatable bonds is 5. The van der Waals surface area contributed by atoms with Gasteiger partial charge in [0.1, 0.15) is 0 Å². The van der Waals surface area contributed by atoms with Gasteiger partial charge in [-0.1, -0.05) is 41.5 Å². The summed E-state index contributed by atoms with van der Waals surface area (Å²) in [6.45, 7) is 17.2. The highest BCUT2D eigenvalue weighted by Gasteiger charge is 2.28. The lowest BCUT2D eigenvalue weighted by Crippen LogP contribution is -2.47. The van der Waals surface area contributed by atoms with Crippen LogP contribution in [0.2, 0.25) is 0 Å². The molecule has 2 heteroatoms. The molecule has 1 atom stereocenters. The Hall–Kier alpha value is -0.530. The van der Waals surface area contributed by atoms with Gasteiger partial charge in [0.2, 0.25) is 5.91 Å². The topological polar surface area (TPSA) is 29.1 Å². The molecule has 0 bridgehead atoms. The Balaban J connectivity index is 4.36. The summed E-state index contributed by atoms with van der Waals surface area (Å²) in [4.78, 5) is 12.1. The minimum Gasteiger partial charge on any atom is -0.351 e. The van der Waals surface area contributed by atoms with Crippen molar-refractivity contribution in [3.8, 4) is 0 Å². The lowest BCUT2D eigenvalue weighted by atomic mass is 9.81. The quantitative estimate of drug-likeness (QED) is 0.774. The van der Waals surface area contributed by atoms with Gasteiger partial charge in [-0.3, -0.25) is 4.79 Å². The third-order valence-electron chi connectivity index (χ3n) is 2.71. The maximum absolute atomic E-state index is 12.1. The van der Waals surface area contributed by atoms with Crippen LogP contribution in [-0.4, -0.2) is 11.4 Å². The van der Waals surface area contributed by atoms with E-state index < -0.39 is 0 Å². The van der Waals surface area contributed by atoms with Crippen LogP contribution < -0.4 is 5.32 Å². The van der Waals surface area contributed by atoms with E-state index in [1.54, 1.807) is 0 Å². The zero-order chi connectivity index (χ0) is 13.9. The fraction of sp³-hybridized carbons (Fsp3) is 0.933. The molecule has 1 unspecified atom stereocenters. The Kier molecular flexibility index (Phi) is 5.70. The Labute approximate surface area is 108 Å². The second kappa shape index (κ2) is 5.88. The van der Waals surface area contributed by atoms with Crippen LogP contribution >= 0.6 is 0 Å². The lowest BCUT2D eigenvalue weighted by molar-refractivity contribution is -0.126. The first kappa shape index (κ1) is 16.5. The molecule has 2 nitrogen and oxygen atoms in total. The van der Waals surface area contributed by atoms with Crippen molar-refractivity contribution in [1.82, 2.24) is 5.32 Å². The number of hydrogen-bond acceptors (Lipinski definition) is 1. The molecule has 0 aromatic heterocycles. The van der Waals surface area contributed by atoms with Crippen molar-refractivity contribution >= 4 is 5.91 Å². The predicted octanol–water partition coefficient (Wildman–Crippen LogP) is 4.00. The van der Waals surface area contributed by atoms with Gasteiger partial charge in [-0.15, -0.1) is 0 Å². The van der Waals surface area contributed by atoms with Gasteiger partial charge >= 0.3 is 0 Å². The van der Waals surface area contributed by atoms with Gasteiger partial charge < -0.3 is 5.32 Å². The number of amides is 1. The fourth-order valence-electron chi connectivity index (χ4n) is 2.64. The average Bonchev–Trinajstić information content (AvgIpc) is 1.95. The van der Waals surface area contributed by atoms with Gasteiger partial charge in [0.15, 0.2) is 0 Å². The zero-order valence-electron chi connectivity index (χ0n) is 13.0. The minimum atomic E-state index is -0.124. The standard InChI is InChI=1S/C15H31NO/c1-11(2)9-12(3)13(17)16-15(7,8)10-14(4,5)6/h11-12H,9-10H2,1-8H3,(H,16,17). The minimum absolute atomic E-state index is 0.106. The molecule has 102 valence electrons. The fourth-order valence-corrected chi connectivity index (χ4v) is 2.64. The molecule has 0 radical (unpaired) electrons. The summed E-state index contributed by atoms with van der Waals surface area (Å²) in [6.07, 6.45) is 1.94. The third-order valence-corrected chi connectivity index (χ3v) is 2.71. The molecular weight excluding hydrogens is 210 g/mol. The maximum Gasteiger partial charge on any atom is 0.223 e. The summed E-state index contributed by atoms with van der Waals surface area (Å²) in [6, 6.07) is 0. The first-order valence-corrected chi connectivity index (χ1v) is 6.75. The average molecular weight is 241 g/mol. The van der Waals surface area contributed by atoms with Crippen molar-refractivity contribution in [2.45, 2.75) is 73.8 Å². The Morgan fingerprint density at radius 3 is 1.88 bits per heavy atom. The van der Waals surface area contributed by atoms with Crippen molar-refractivity contribution in [2.24, 2.45) is 17.3 Å². The smallest absolute Gasteiger partial charge is 0.223 e. The summed E-state index contributed by atoms with van der Waals surface area (Å²) in [5, 5.41) is 3.18. The summed E-state index contributed by atoms with van der Waals surface area (Å²) < 4.78 is 0. The van der Waals surface area contributed by atoms with Crippen molar-refractivity contribution in [2.75, 3.05) is 0 Å². The van der Waals surface area contributed by atoms with E-state index in [1.807, 2.05) is 6.92 Å². The van der Waals surface area contributed by atoms with Gasteiger partial charge in [0.05, 0.1) is 0 Å². The Morgan fingerprint density at radius 2 is 1.53 bits per heavy atom. The molecule has 0 aliphatic heterocycles. The highest BCUT2D eigenvalue weighted by molar-refractivity contribution is 5.79. The van der Waals surface area contributed by atoms with E-state index in [0.717, 1.165) is 12.8 Å². The molecule has 0 rings (SSSR count). The molecule has 0 saturated carbocycles. The van der Waals surface area contributed by atoms with Crippen LogP contribution in [0.3, 0.4) is 0 Å². The molecular formula is C15H31NO. The number of hydrogen-bond donors (Lipinski definition) is 1. The van der Waals surface area contributed by atoms with Crippen LogP contribution in [0.5, 0.6) is 0 Å². The van der Waals surface area contributed by atoms with Crippen LogP contribution in [0.15, 0.2) is 0 Å². The van der Waals surface area contributed by atoms with Gasteiger partial charge in [0, 0.05) is 11.5 Å². The van der Waals surface area contributed by atoms with Gasteiger partial charge in [-0.2, -0.15) is 0 Å². The monoisotopic (exact) mass is 241 g/mol. The number of nitrogens with one attached hydrogen (secondary N) is 1. The SMILES string of the molecule is CC(C)CC(C)C(=O)NC(C)(C)CC(C)(C)C. The summed E-state index contributed by atoms with van der Waals surface area (Å²) >= 11 is 0. The molecule has 0 aromatic rings. The normalized spacial score (nSPS) is 14.9.